The molecule has 1 aromatic carbocycles. The third kappa shape index (κ3) is 5.35. The topological polar surface area (TPSA) is 49.9 Å². The van der Waals surface area contributed by atoms with Crippen LogP contribution in [0.15, 0.2) is 29.2 Å². The van der Waals surface area contributed by atoms with E-state index in [0.717, 1.165) is 12.1 Å². The van der Waals surface area contributed by atoms with Gasteiger partial charge in [-0.2, -0.15) is 0 Å². The third-order valence-electron chi connectivity index (χ3n) is 5.10. The van der Waals surface area contributed by atoms with Gasteiger partial charge in [0.1, 0.15) is 10.5 Å². The van der Waals surface area contributed by atoms with Crippen LogP contribution in [0.1, 0.15) is 38.7 Å². The Bertz CT molecular complexity index is 844. The molecule has 0 radical (unpaired) electrons. The Morgan fingerprint density at radius 3 is 1.90 bits per heavy atom. The molecule has 2 atom stereocenters. The molecule has 0 bridgehead atoms. The molecule has 0 N–H and O–H groups in total. The van der Waals surface area contributed by atoms with Crippen LogP contribution >= 0.6 is 10.2 Å². The lowest BCUT2D eigenvalue weighted by atomic mass is 10.1. The Morgan fingerprint density at radius 2 is 1.43 bits per heavy atom. The number of hydrogen-bond donors (Lipinski definition) is 0. The molecule has 0 unspecified atom stereocenters. The molecular formula is C19H25F5N2O3S. The average Bonchev–Trinajstić information content (AvgIpc) is 3.39. The Hall–Kier alpha value is -2.04. The van der Waals surface area contributed by atoms with E-state index < -0.39 is 26.8 Å². The van der Waals surface area contributed by atoms with Gasteiger partial charge >= 0.3 is 16.3 Å². The summed E-state index contributed by atoms with van der Waals surface area (Å²) in [7, 11) is -9.69. The molecule has 1 aromatic rings. The van der Waals surface area contributed by atoms with Crippen LogP contribution in [0.2, 0.25) is 0 Å². The lowest BCUT2D eigenvalue weighted by molar-refractivity contribution is -0.134. The van der Waals surface area contributed by atoms with E-state index in [9.17, 15) is 29.0 Å². The van der Waals surface area contributed by atoms with Gasteiger partial charge in [-0.3, -0.25) is 4.79 Å². The van der Waals surface area contributed by atoms with Crippen molar-refractivity contribution in [2.45, 2.75) is 43.6 Å². The number of rotatable bonds is 3. The molecule has 170 valence electrons. The zero-order chi connectivity index (χ0) is 22.6. The molecule has 2 fully saturated rings. The van der Waals surface area contributed by atoms with E-state index in [1.807, 2.05) is 0 Å². The van der Waals surface area contributed by atoms with Crippen LogP contribution in [0.3, 0.4) is 0 Å². The van der Waals surface area contributed by atoms with E-state index in [-0.39, 0.29) is 17.7 Å². The van der Waals surface area contributed by atoms with Gasteiger partial charge in [0.25, 0.3) is 0 Å². The monoisotopic (exact) mass is 456 g/mol. The van der Waals surface area contributed by atoms with Crippen molar-refractivity contribution in [1.82, 2.24) is 9.80 Å². The number of amides is 2. The van der Waals surface area contributed by atoms with Crippen molar-refractivity contribution in [2.75, 3.05) is 26.2 Å². The van der Waals surface area contributed by atoms with E-state index in [4.69, 9.17) is 4.74 Å². The Kier molecular flexibility index (Phi) is 4.89. The van der Waals surface area contributed by atoms with Gasteiger partial charge in [-0.25, -0.2) is 4.79 Å². The number of carbonyl (C=O) groups excluding carboxylic acids is 2. The smallest absolute Gasteiger partial charge is 0.410 e. The van der Waals surface area contributed by atoms with Crippen molar-refractivity contribution in [3.63, 3.8) is 0 Å². The SMILES string of the molecule is CC(C)(C)OC(=O)N1CCN(C(=O)[C@H]2C[C@H]2c2ccc(S(F)(F)(F)(F)F)cc2)CC1. The van der Waals surface area contributed by atoms with Crippen LogP contribution in [0.4, 0.5) is 24.2 Å². The second-order valence-corrected chi connectivity index (χ2v) is 11.2. The lowest BCUT2D eigenvalue weighted by Gasteiger charge is -2.40. The van der Waals surface area contributed by atoms with E-state index in [2.05, 4.69) is 0 Å². The van der Waals surface area contributed by atoms with Crippen LogP contribution in [0, 0.1) is 5.92 Å². The van der Waals surface area contributed by atoms with Crippen LogP contribution in [-0.4, -0.2) is 53.6 Å². The van der Waals surface area contributed by atoms with Crippen molar-refractivity contribution in [1.29, 1.82) is 0 Å². The molecule has 1 heterocycles. The highest BCUT2D eigenvalue weighted by Gasteiger charge is 2.65. The zero-order valence-electron chi connectivity index (χ0n) is 16.9. The van der Waals surface area contributed by atoms with E-state index >= 15 is 0 Å². The molecule has 1 saturated carbocycles. The number of nitrogens with zero attached hydrogens (tertiary/aromatic N) is 2. The van der Waals surface area contributed by atoms with Crippen LogP contribution < -0.4 is 0 Å². The molecule has 2 amide bonds. The highest BCUT2D eigenvalue weighted by molar-refractivity contribution is 8.45. The second-order valence-electron chi connectivity index (χ2n) is 8.78. The molecule has 1 saturated heterocycles. The van der Waals surface area contributed by atoms with Gasteiger partial charge in [0.15, 0.2) is 0 Å². The zero-order valence-corrected chi connectivity index (χ0v) is 17.7. The quantitative estimate of drug-likeness (QED) is 0.563. The van der Waals surface area contributed by atoms with Crippen molar-refractivity contribution in [3.8, 4) is 0 Å². The highest BCUT2D eigenvalue weighted by atomic mass is 32.5. The Balaban J connectivity index is 1.55. The van der Waals surface area contributed by atoms with Gasteiger partial charge in [0.05, 0.1) is 0 Å². The number of piperazine rings is 1. The number of hydrogen-bond acceptors (Lipinski definition) is 3. The number of benzene rings is 1. The van der Waals surface area contributed by atoms with Gasteiger partial charge in [0.2, 0.25) is 5.91 Å². The predicted octanol–water partition coefficient (Wildman–Crippen LogP) is 5.53. The minimum absolute atomic E-state index is 0.138. The summed E-state index contributed by atoms with van der Waals surface area (Å²) >= 11 is 0. The van der Waals surface area contributed by atoms with E-state index in [0.29, 0.717) is 50.3 Å². The summed E-state index contributed by atoms with van der Waals surface area (Å²) in [5.74, 6) is -0.807. The highest BCUT2D eigenvalue weighted by Crippen LogP contribution is 3.02. The standard InChI is InChI=1S/C19H25F5N2O3S/c1-19(2,3)29-18(28)26-10-8-25(9-11-26)17(27)16-12-15(16)13-4-6-14(7-5-13)30(20,21,22,23)24/h4-7,15-16H,8-12H2,1-3H3/t15-,16-/m0/s1. The molecule has 30 heavy (non-hydrogen) atoms. The summed E-state index contributed by atoms with van der Waals surface area (Å²) in [6, 6.07) is 2.81. The molecule has 0 aromatic heterocycles. The number of ether oxygens (including phenoxy) is 1. The van der Waals surface area contributed by atoms with Crippen molar-refractivity contribution >= 4 is 22.2 Å². The summed E-state index contributed by atoms with van der Waals surface area (Å²) in [6.07, 6.45) is 0.0175. The number of carbonyl (C=O) groups is 2. The maximum absolute atomic E-state index is 12.8. The summed E-state index contributed by atoms with van der Waals surface area (Å²) in [4.78, 5) is 26.0. The maximum atomic E-state index is 12.8. The summed E-state index contributed by atoms with van der Waals surface area (Å²) in [6.45, 7) is 6.63. The van der Waals surface area contributed by atoms with Crippen LogP contribution in [0.5, 0.6) is 0 Å². The first-order valence-electron chi connectivity index (χ1n) is 9.55. The van der Waals surface area contributed by atoms with Gasteiger partial charge in [-0.15, -0.1) is 0 Å². The average molecular weight is 456 g/mol. The Morgan fingerprint density at radius 1 is 0.933 bits per heavy atom. The normalized spacial score (nSPS) is 24.7. The molecular weight excluding hydrogens is 431 g/mol. The summed E-state index contributed by atoms with van der Waals surface area (Å²) in [5.41, 5.74) is -0.176. The molecule has 1 aliphatic carbocycles. The van der Waals surface area contributed by atoms with Gasteiger partial charge in [0, 0.05) is 32.1 Å². The largest absolute Gasteiger partial charge is 0.444 e. The van der Waals surface area contributed by atoms with Crippen molar-refractivity contribution < 1.29 is 33.8 Å². The molecule has 1 aliphatic heterocycles. The first-order valence-corrected chi connectivity index (χ1v) is 11.5. The van der Waals surface area contributed by atoms with Crippen LogP contribution in [-0.2, 0) is 9.53 Å². The third-order valence-corrected chi connectivity index (χ3v) is 6.27. The fourth-order valence-corrected chi connectivity index (χ4v) is 4.13. The maximum Gasteiger partial charge on any atom is 0.410 e. The fourth-order valence-electron chi connectivity index (χ4n) is 3.48. The Labute approximate surface area is 171 Å². The minimum Gasteiger partial charge on any atom is -0.444 e. The molecule has 3 rings (SSSR count). The van der Waals surface area contributed by atoms with Gasteiger partial charge in [-0.05, 0) is 50.8 Å². The van der Waals surface area contributed by atoms with Gasteiger partial charge < -0.3 is 14.5 Å². The summed E-state index contributed by atoms with van der Waals surface area (Å²) in [5, 5.41) is 0. The van der Waals surface area contributed by atoms with Crippen molar-refractivity contribution in [2.24, 2.45) is 5.92 Å². The first-order chi connectivity index (χ1) is 13.4. The molecule has 5 nitrogen and oxygen atoms in total. The van der Waals surface area contributed by atoms with Crippen LogP contribution in [0.25, 0.3) is 0 Å². The fraction of sp³-hybridized carbons (Fsp3) is 0.579. The second kappa shape index (κ2) is 6.48. The van der Waals surface area contributed by atoms with E-state index in [1.165, 1.54) is 4.90 Å². The predicted molar refractivity (Wildman–Crippen MR) is 103 cm³/mol. The lowest BCUT2D eigenvalue weighted by Crippen LogP contribution is -2.52. The summed E-state index contributed by atoms with van der Waals surface area (Å²) < 4.78 is 69.4. The van der Waals surface area contributed by atoms with Gasteiger partial charge in [-0.1, -0.05) is 31.6 Å². The first kappa shape index (κ1) is 22.6. The minimum atomic E-state index is -9.69. The molecule has 0 spiro atoms. The van der Waals surface area contributed by atoms with Crippen molar-refractivity contribution in [3.05, 3.63) is 29.8 Å². The number of halogens is 5. The molecule has 11 heteroatoms. The molecule has 2 aliphatic rings. The van der Waals surface area contributed by atoms with E-state index in [1.54, 1.807) is 25.7 Å².